The van der Waals surface area contributed by atoms with E-state index in [2.05, 4.69) is 0 Å². The summed E-state index contributed by atoms with van der Waals surface area (Å²) in [6.07, 6.45) is 4.23. The van der Waals surface area contributed by atoms with Crippen molar-refractivity contribution < 1.29 is 24.0 Å². The van der Waals surface area contributed by atoms with Gasteiger partial charge >= 0.3 is 5.97 Å². The van der Waals surface area contributed by atoms with Crippen molar-refractivity contribution >= 4 is 35.3 Å². The maximum Gasteiger partial charge on any atom is 0.343 e. The number of hydrogen-bond acceptors (Lipinski definition) is 6. The van der Waals surface area contributed by atoms with Crippen molar-refractivity contribution in [2.75, 3.05) is 5.75 Å². The van der Waals surface area contributed by atoms with Gasteiger partial charge in [0.2, 0.25) is 0 Å². The SMILES string of the molecule is CCC(C)C(=O)/C=C/C(C)(C)SCC(=O)ON1C(=O)CCC1=O. The van der Waals surface area contributed by atoms with Gasteiger partial charge in [-0.15, -0.1) is 16.8 Å². The Bertz CT molecular complexity index is 511. The largest absolute Gasteiger partial charge is 0.343 e. The van der Waals surface area contributed by atoms with E-state index in [4.69, 9.17) is 4.84 Å². The third-order valence-corrected chi connectivity index (χ3v) is 4.77. The maximum absolute atomic E-state index is 11.8. The van der Waals surface area contributed by atoms with Crippen molar-refractivity contribution in [1.29, 1.82) is 0 Å². The van der Waals surface area contributed by atoms with E-state index in [1.54, 1.807) is 12.2 Å². The number of carbonyl (C=O) groups excluding carboxylic acids is 4. The van der Waals surface area contributed by atoms with E-state index >= 15 is 0 Å². The molecular weight excluding hydrogens is 318 g/mol. The minimum absolute atomic E-state index is 0.0219. The van der Waals surface area contributed by atoms with Gasteiger partial charge in [-0.2, -0.15) is 0 Å². The monoisotopic (exact) mass is 341 g/mol. The molecule has 0 spiro atoms. The van der Waals surface area contributed by atoms with Gasteiger partial charge in [0.1, 0.15) is 0 Å². The Balaban J connectivity index is 2.47. The zero-order valence-corrected chi connectivity index (χ0v) is 14.8. The van der Waals surface area contributed by atoms with Crippen molar-refractivity contribution in [2.24, 2.45) is 5.92 Å². The van der Waals surface area contributed by atoms with Gasteiger partial charge in [-0.25, -0.2) is 4.79 Å². The number of hydrogen-bond donors (Lipinski definition) is 0. The number of ketones is 1. The van der Waals surface area contributed by atoms with Crippen LogP contribution < -0.4 is 0 Å². The number of hydroxylamine groups is 2. The highest BCUT2D eigenvalue weighted by Crippen LogP contribution is 2.26. The van der Waals surface area contributed by atoms with Gasteiger partial charge in [-0.1, -0.05) is 19.9 Å². The first-order valence-electron chi connectivity index (χ1n) is 7.60. The van der Waals surface area contributed by atoms with Crippen molar-refractivity contribution in [3.05, 3.63) is 12.2 Å². The van der Waals surface area contributed by atoms with Crippen molar-refractivity contribution in [1.82, 2.24) is 5.06 Å². The number of thioether (sulfide) groups is 1. The van der Waals surface area contributed by atoms with E-state index < -0.39 is 22.5 Å². The molecule has 1 heterocycles. The molecule has 1 saturated heterocycles. The number of imide groups is 1. The molecule has 1 aliphatic rings. The zero-order valence-electron chi connectivity index (χ0n) is 14.0. The van der Waals surface area contributed by atoms with Crippen LogP contribution in [-0.4, -0.2) is 39.1 Å². The number of allylic oxidation sites excluding steroid dienone is 1. The number of rotatable bonds is 8. The fourth-order valence-corrected chi connectivity index (χ4v) is 2.43. The predicted octanol–water partition coefficient (Wildman–Crippen LogP) is 2.28. The summed E-state index contributed by atoms with van der Waals surface area (Å²) in [5.74, 6) is -1.64. The summed E-state index contributed by atoms with van der Waals surface area (Å²) in [5.41, 5.74) is 0. The highest BCUT2D eigenvalue weighted by atomic mass is 32.2. The Hall–Kier alpha value is -1.63. The van der Waals surface area contributed by atoms with Crippen LogP contribution in [0.5, 0.6) is 0 Å². The normalized spacial score (nSPS) is 17.0. The summed E-state index contributed by atoms with van der Waals surface area (Å²) >= 11 is 1.27. The molecular formula is C16H23NO5S. The molecule has 1 fully saturated rings. The Morgan fingerprint density at radius 2 is 1.87 bits per heavy atom. The molecule has 0 aromatic rings. The fourth-order valence-electron chi connectivity index (χ4n) is 1.73. The lowest BCUT2D eigenvalue weighted by Crippen LogP contribution is -2.33. The summed E-state index contributed by atoms with van der Waals surface area (Å²) in [6.45, 7) is 7.57. The molecule has 128 valence electrons. The summed E-state index contributed by atoms with van der Waals surface area (Å²) in [6, 6.07) is 0. The molecule has 0 aromatic heterocycles. The molecule has 0 aliphatic carbocycles. The molecule has 7 heteroatoms. The topological polar surface area (TPSA) is 80.8 Å². The zero-order chi connectivity index (χ0) is 17.6. The lowest BCUT2D eigenvalue weighted by atomic mass is 10.0. The van der Waals surface area contributed by atoms with Crippen LogP contribution in [0.1, 0.15) is 47.0 Å². The fraction of sp³-hybridized carbons (Fsp3) is 0.625. The summed E-state index contributed by atoms with van der Waals surface area (Å²) in [4.78, 5) is 51.1. The Kier molecular flexibility index (Phi) is 7.00. The van der Waals surface area contributed by atoms with Crippen LogP contribution in [0, 0.1) is 5.92 Å². The lowest BCUT2D eigenvalue weighted by molar-refractivity contribution is -0.195. The average Bonchev–Trinajstić information content (AvgIpc) is 2.82. The van der Waals surface area contributed by atoms with Crippen LogP contribution in [0.2, 0.25) is 0 Å². The molecule has 0 radical (unpaired) electrons. The molecule has 1 unspecified atom stereocenters. The van der Waals surface area contributed by atoms with Crippen LogP contribution in [0.4, 0.5) is 0 Å². The quantitative estimate of drug-likeness (QED) is 0.498. The molecule has 0 bridgehead atoms. The van der Waals surface area contributed by atoms with Gasteiger partial charge < -0.3 is 4.84 Å². The van der Waals surface area contributed by atoms with Crippen LogP contribution >= 0.6 is 11.8 Å². The molecule has 0 aromatic carbocycles. The molecule has 0 N–H and O–H groups in total. The first-order chi connectivity index (χ1) is 10.7. The smallest absolute Gasteiger partial charge is 0.329 e. The summed E-state index contributed by atoms with van der Waals surface area (Å²) < 4.78 is -0.443. The summed E-state index contributed by atoms with van der Waals surface area (Å²) in [5, 5.41) is 0.540. The first kappa shape index (κ1) is 19.4. The summed E-state index contributed by atoms with van der Waals surface area (Å²) in [7, 11) is 0. The van der Waals surface area contributed by atoms with Gasteiger partial charge in [0.15, 0.2) is 5.78 Å². The second kappa shape index (κ2) is 8.29. The van der Waals surface area contributed by atoms with Crippen LogP contribution in [0.25, 0.3) is 0 Å². The van der Waals surface area contributed by atoms with E-state index in [-0.39, 0.29) is 30.3 Å². The molecule has 2 amide bonds. The van der Waals surface area contributed by atoms with E-state index in [0.29, 0.717) is 5.06 Å². The minimum Gasteiger partial charge on any atom is -0.329 e. The van der Waals surface area contributed by atoms with Gasteiger partial charge in [0.05, 0.1) is 5.75 Å². The number of carbonyl (C=O) groups is 4. The molecule has 23 heavy (non-hydrogen) atoms. The highest BCUT2D eigenvalue weighted by Gasteiger charge is 2.33. The second-order valence-corrected chi connectivity index (χ2v) is 7.61. The van der Waals surface area contributed by atoms with Crippen LogP contribution in [0.15, 0.2) is 12.2 Å². The molecule has 1 aliphatic heterocycles. The van der Waals surface area contributed by atoms with Gasteiger partial charge in [0.25, 0.3) is 11.8 Å². The van der Waals surface area contributed by atoms with Crippen molar-refractivity contribution in [3.63, 3.8) is 0 Å². The third kappa shape index (κ3) is 6.17. The second-order valence-electron chi connectivity index (χ2n) is 5.98. The van der Waals surface area contributed by atoms with E-state index in [9.17, 15) is 19.2 Å². The lowest BCUT2D eigenvalue weighted by Gasteiger charge is -2.20. The van der Waals surface area contributed by atoms with Crippen molar-refractivity contribution in [2.45, 2.75) is 51.7 Å². The molecule has 0 saturated carbocycles. The first-order valence-corrected chi connectivity index (χ1v) is 8.58. The van der Waals surface area contributed by atoms with Gasteiger partial charge in [0, 0.05) is 23.5 Å². The maximum atomic E-state index is 11.8. The molecule has 6 nitrogen and oxygen atoms in total. The van der Waals surface area contributed by atoms with Crippen LogP contribution in [-0.2, 0) is 24.0 Å². The van der Waals surface area contributed by atoms with Gasteiger partial charge in [-0.05, 0) is 26.3 Å². The van der Waals surface area contributed by atoms with E-state index in [1.165, 1.54) is 11.8 Å². The standard InChI is InChI=1S/C16H23NO5S/c1-5-11(2)12(18)8-9-16(3,4)23-10-15(21)22-17-13(19)6-7-14(17)20/h8-9,11H,5-7,10H2,1-4H3/b9-8+. The predicted molar refractivity (Wildman–Crippen MR) is 87.3 cm³/mol. The van der Waals surface area contributed by atoms with Crippen LogP contribution in [0.3, 0.4) is 0 Å². The number of nitrogens with zero attached hydrogens (tertiary/aromatic N) is 1. The highest BCUT2D eigenvalue weighted by molar-refractivity contribution is 8.01. The Morgan fingerprint density at radius 1 is 1.30 bits per heavy atom. The van der Waals surface area contributed by atoms with E-state index in [1.807, 2.05) is 27.7 Å². The Morgan fingerprint density at radius 3 is 2.39 bits per heavy atom. The Labute approximate surface area is 140 Å². The average molecular weight is 341 g/mol. The third-order valence-electron chi connectivity index (χ3n) is 3.51. The molecule has 1 rings (SSSR count). The number of amides is 2. The minimum atomic E-state index is -0.659. The van der Waals surface area contributed by atoms with Crippen molar-refractivity contribution in [3.8, 4) is 0 Å². The van der Waals surface area contributed by atoms with E-state index in [0.717, 1.165) is 6.42 Å². The van der Waals surface area contributed by atoms with Gasteiger partial charge in [-0.3, -0.25) is 14.4 Å². The molecule has 1 atom stereocenters.